The highest BCUT2D eigenvalue weighted by molar-refractivity contribution is 5.93. The molecule has 2 aromatic heterocycles. The van der Waals surface area contributed by atoms with Gasteiger partial charge in [0.1, 0.15) is 0 Å². The zero-order valence-electron chi connectivity index (χ0n) is 17.3. The second kappa shape index (κ2) is 9.39. The van der Waals surface area contributed by atoms with Crippen molar-refractivity contribution in [3.63, 3.8) is 0 Å². The van der Waals surface area contributed by atoms with Gasteiger partial charge in [0.05, 0.1) is 12.5 Å². The minimum atomic E-state index is -5.08. The molecule has 1 aliphatic rings. The first kappa shape index (κ1) is 23.3. The number of aromatic amines is 1. The number of carbonyl (C=O) groups is 2. The molecule has 1 fully saturated rings. The summed E-state index contributed by atoms with van der Waals surface area (Å²) >= 11 is 0. The molecule has 1 aliphatic heterocycles. The predicted octanol–water partition coefficient (Wildman–Crippen LogP) is 2.60. The average molecular weight is 453 g/mol. The standard InChI is InChI=1S/C18H21N5O2.C2HF3O2/c1-11(2)23-9-8-20-18(24)15(23)10-16-21-17(22-25-16)13-4-3-5-14-12(13)6-7-19-14;3-2(4,5)1(6)7/h3-7,11,15,19H,8-10H2,1-2H3,(H,20,24);(H,6,7). The van der Waals surface area contributed by atoms with Gasteiger partial charge in [-0.25, -0.2) is 4.79 Å². The summed E-state index contributed by atoms with van der Waals surface area (Å²) in [6.45, 7) is 5.70. The Morgan fingerprint density at radius 2 is 2.06 bits per heavy atom. The second-order valence-electron chi connectivity index (χ2n) is 7.40. The van der Waals surface area contributed by atoms with Gasteiger partial charge in [-0.1, -0.05) is 17.3 Å². The summed E-state index contributed by atoms with van der Waals surface area (Å²) < 4.78 is 37.2. The van der Waals surface area contributed by atoms with E-state index in [-0.39, 0.29) is 18.0 Å². The van der Waals surface area contributed by atoms with Crippen molar-refractivity contribution in [2.45, 2.75) is 38.5 Å². The number of piperazine rings is 1. The Morgan fingerprint density at radius 1 is 1.34 bits per heavy atom. The highest BCUT2D eigenvalue weighted by atomic mass is 19.4. The van der Waals surface area contributed by atoms with Crippen LogP contribution >= 0.6 is 0 Å². The number of nitrogens with one attached hydrogen (secondary N) is 2. The number of hydrogen-bond acceptors (Lipinski definition) is 6. The van der Waals surface area contributed by atoms with E-state index >= 15 is 0 Å². The van der Waals surface area contributed by atoms with Gasteiger partial charge in [0.25, 0.3) is 0 Å². The Bertz CT molecular complexity index is 1090. The van der Waals surface area contributed by atoms with Crippen LogP contribution in [0, 0.1) is 0 Å². The molecular formula is C20H22F3N5O4. The molecule has 4 rings (SSSR count). The van der Waals surface area contributed by atoms with E-state index < -0.39 is 12.1 Å². The molecule has 1 amide bonds. The van der Waals surface area contributed by atoms with E-state index in [1.54, 1.807) is 0 Å². The molecular weight excluding hydrogens is 431 g/mol. The van der Waals surface area contributed by atoms with Gasteiger partial charge in [0, 0.05) is 41.8 Å². The Kier molecular flexibility index (Phi) is 6.82. The predicted molar refractivity (Wildman–Crippen MR) is 108 cm³/mol. The molecule has 3 heterocycles. The number of fused-ring (bicyclic) bond motifs is 1. The van der Waals surface area contributed by atoms with Crippen molar-refractivity contribution >= 4 is 22.8 Å². The Balaban J connectivity index is 0.000000360. The Morgan fingerprint density at radius 3 is 2.72 bits per heavy atom. The number of nitrogens with zero attached hydrogens (tertiary/aromatic N) is 3. The zero-order valence-corrected chi connectivity index (χ0v) is 17.3. The fraction of sp³-hybridized carbons (Fsp3) is 0.400. The highest BCUT2D eigenvalue weighted by Gasteiger charge is 2.38. The van der Waals surface area contributed by atoms with Crippen molar-refractivity contribution in [1.82, 2.24) is 25.3 Å². The zero-order chi connectivity index (χ0) is 23.5. The third kappa shape index (κ3) is 5.25. The van der Waals surface area contributed by atoms with Gasteiger partial charge in [0.2, 0.25) is 17.6 Å². The van der Waals surface area contributed by atoms with E-state index in [1.807, 2.05) is 30.5 Å². The van der Waals surface area contributed by atoms with Gasteiger partial charge in [-0.15, -0.1) is 0 Å². The first-order valence-electron chi connectivity index (χ1n) is 9.80. The number of rotatable bonds is 4. The molecule has 3 N–H and O–H groups in total. The maximum Gasteiger partial charge on any atom is 0.490 e. The van der Waals surface area contributed by atoms with Gasteiger partial charge in [-0.3, -0.25) is 9.69 Å². The summed E-state index contributed by atoms with van der Waals surface area (Å²) in [7, 11) is 0. The molecule has 0 aliphatic carbocycles. The lowest BCUT2D eigenvalue weighted by Gasteiger charge is -2.37. The number of alkyl halides is 3. The number of carboxylic acids is 1. The summed E-state index contributed by atoms with van der Waals surface area (Å²) in [5.41, 5.74) is 1.95. The van der Waals surface area contributed by atoms with Crippen LogP contribution in [0.4, 0.5) is 13.2 Å². The number of halogens is 3. The van der Waals surface area contributed by atoms with Crippen LogP contribution in [0.15, 0.2) is 35.0 Å². The molecule has 3 aromatic rings. The van der Waals surface area contributed by atoms with Crippen LogP contribution in [0.25, 0.3) is 22.3 Å². The number of H-pyrrole nitrogens is 1. The van der Waals surface area contributed by atoms with Crippen LogP contribution in [0.3, 0.4) is 0 Å². The monoisotopic (exact) mass is 453 g/mol. The van der Waals surface area contributed by atoms with Crippen LogP contribution in [-0.2, 0) is 16.0 Å². The molecule has 0 spiro atoms. The Hall–Kier alpha value is -3.41. The summed E-state index contributed by atoms with van der Waals surface area (Å²) in [5, 5.41) is 15.2. The number of amides is 1. The van der Waals surface area contributed by atoms with Crippen molar-refractivity contribution in [3.05, 3.63) is 36.4 Å². The third-order valence-corrected chi connectivity index (χ3v) is 4.95. The van der Waals surface area contributed by atoms with Crippen molar-refractivity contribution in [2.24, 2.45) is 0 Å². The van der Waals surface area contributed by atoms with Crippen LogP contribution in [0.5, 0.6) is 0 Å². The first-order chi connectivity index (χ1) is 15.1. The van der Waals surface area contributed by atoms with Gasteiger partial charge in [0.15, 0.2) is 0 Å². The number of aliphatic carboxylic acids is 1. The van der Waals surface area contributed by atoms with Crippen LogP contribution < -0.4 is 5.32 Å². The summed E-state index contributed by atoms with van der Waals surface area (Å²) in [4.78, 5) is 31.1. The molecule has 1 aromatic carbocycles. The number of carboxylic acid groups (broad SMARTS) is 1. The van der Waals surface area contributed by atoms with Gasteiger partial charge < -0.3 is 19.9 Å². The van der Waals surface area contributed by atoms with Crippen LogP contribution in [0.1, 0.15) is 19.7 Å². The fourth-order valence-electron chi connectivity index (χ4n) is 3.45. The van der Waals surface area contributed by atoms with E-state index in [4.69, 9.17) is 14.4 Å². The van der Waals surface area contributed by atoms with E-state index in [1.165, 1.54) is 0 Å². The molecule has 1 unspecified atom stereocenters. The largest absolute Gasteiger partial charge is 0.490 e. The first-order valence-corrected chi connectivity index (χ1v) is 9.80. The molecule has 0 radical (unpaired) electrons. The van der Waals surface area contributed by atoms with Crippen LogP contribution in [0.2, 0.25) is 0 Å². The summed E-state index contributed by atoms with van der Waals surface area (Å²) in [6.07, 6.45) is -2.78. The van der Waals surface area contributed by atoms with Crippen molar-refractivity contribution in [1.29, 1.82) is 0 Å². The summed E-state index contributed by atoms with van der Waals surface area (Å²) in [5.74, 6) is -1.71. The summed E-state index contributed by atoms with van der Waals surface area (Å²) in [6, 6.07) is 7.94. The van der Waals surface area contributed by atoms with E-state index in [2.05, 4.69) is 39.2 Å². The smallest absolute Gasteiger partial charge is 0.475 e. The molecule has 0 saturated carbocycles. The lowest BCUT2D eigenvalue weighted by molar-refractivity contribution is -0.192. The lowest BCUT2D eigenvalue weighted by atomic mass is 10.1. The van der Waals surface area contributed by atoms with E-state index in [9.17, 15) is 18.0 Å². The van der Waals surface area contributed by atoms with Crippen molar-refractivity contribution in [3.8, 4) is 11.4 Å². The number of carbonyl (C=O) groups excluding carboxylic acids is 1. The highest BCUT2D eigenvalue weighted by Crippen LogP contribution is 2.26. The van der Waals surface area contributed by atoms with Gasteiger partial charge in [-0.05, 0) is 26.0 Å². The van der Waals surface area contributed by atoms with E-state index in [0.29, 0.717) is 24.7 Å². The third-order valence-electron chi connectivity index (χ3n) is 4.95. The normalized spacial score (nSPS) is 17.2. The van der Waals surface area contributed by atoms with Crippen molar-refractivity contribution < 1.29 is 32.4 Å². The maximum atomic E-state index is 12.3. The lowest BCUT2D eigenvalue weighted by Crippen LogP contribution is -2.58. The number of benzene rings is 1. The molecule has 0 bridgehead atoms. The average Bonchev–Trinajstić information content (AvgIpc) is 3.38. The fourth-order valence-corrected chi connectivity index (χ4v) is 3.45. The maximum absolute atomic E-state index is 12.3. The van der Waals surface area contributed by atoms with Crippen molar-refractivity contribution in [2.75, 3.05) is 13.1 Å². The molecule has 1 atom stereocenters. The number of hydrogen-bond donors (Lipinski definition) is 3. The van der Waals surface area contributed by atoms with E-state index in [0.717, 1.165) is 23.0 Å². The molecule has 9 nitrogen and oxygen atoms in total. The minimum absolute atomic E-state index is 0.0208. The number of aromatic nitrogens is 3. The second-order valence-corrected chi connectivity index (χ2v) is 7.40. The van der Waals surface area contributed by atoms with Gasteiger partial charge in [-0.2, -0.15) is 18.2 Å². The minimum Gasteiger partial charge on any atom is -0.475 e. The quantitative estimate of drug-likeness (QED) is 0.555. The SMILES string of the molecule is CC(C)N1CCNC(=O)C1Cc1nc(-c2cccc3[nH]ccc23)no1.O=C(O)C(F)(F)F. The molecule has 12 heteroatoms. The Labute approximate surface area is 180 Å². The van der Waals surface area contributed by atoms with Crippen LogP contribution in [-0.4, -0.2) is 68.4 Å². The topological polar surface area (TPSA) is 124 Å². The molecule has 32 heavy (non-hydrogen) atoms. The molecule has 172 valence electrons. The van der Waals surface area contributed by atoms with Gasteiger partial charge >= 0.3 is 12.1 Å². The molecule has 1 saturated heterocycles.